The summed E-state index contributed by atoms with van der Waals surface area (Å²) < 4.78 is 0. The molecule has 0 spiro atoms. The number of rotatable bonds is 1. The van der Waals surface area contributed by atoms with Gasteiger partial charge in [0.15, 0.2) is 0 Å². The first-order valence-electron chi connectivity index (χ1n) is 7.14. The zero-order chi connectivity index (χ0) is 13.8. The standard InChI is InChI=1S/C19H18O/c20-19-17(11-6-9-15-7-2-1-3-8-15)14-13-16-10-4-5-12-18(16)19/h1-5,7-8,10,12,17,19-20H,11,13-14H2. The molecule has 0 radical (unpaired) electrons. The lowest BCUT2D eigenvalue weighted by Crippen LogP contribution is -2.20. The Bertz CT molecular complexity index is 634. The van der Waals surface area contributed by atoms with Gasteiger partial charge >= 0.3 is 0 Å². The van der Waals surface area contributed by atoms with Crippen molar-refractivity contribution in [1.29, 1.82) is 0 Å². The molecule has 0 bridgehead atoms. The van der Waals surface area contributed by atoms with E-state index in [0.29, 0.717) is 0 Å². The van der Waals surface area contributed by atoms with Crippen LogP contribution in [-0.2, 0) is 6.42 Å². The molecule has 2 unspecified atom stereocenters. The van der Waals surface area contributed by atoms with Crippen molar-refractivity contribution in [3.05, 3.63) is 71.3 Å². The van der Waals surface area contributed by atoms with Gasteiger partial charge in [-0.25, -0.2) is 0 Å². The number of fused-ring (bicyclic) bond motifs is 1. The Morgan fingerprint density at radius 3 is 2.60 bits per heavy atom. The molecule has 1 aliphatic rings. The average Bonchev–Trinajstić information content (AvgIpc) is 2.51. The summed E-state index contributed by atoms with van der Waals surface area (Å²) in [6.45, 7) is 0. The molecule has 20 heavy (non-hydrogen) atoms. The minimum Gasteiger partial charge on any atom is -0.388 e. The van der Waals surface area contributed by atoms with Crippen LogP contribution in [0.1, 0.15) is 35.6 Å². The Labute approximate surface area is 120 Å². The van der Waals surface area contributed by atoms with Crippen LogP contribution in [0.25, 0.3) is 0 Å². The monoisotopic (exact) mass is 262 g/mol. The lowest BCUT2D eigenvalue weighted by atomic mass is 9.80. The molecule has 2 atom stereocenters. The predicted molar refractivity (Wildman–Crippen MR) is 81.1 cm³/mol. The van der Waals surface area contributed by atoms with E-state index >= 15 is 0 Å². The highest BCUT2D eigenvalue weighted by Crippen LogP contribution is 2.35. The van der Waals surface area contributed by atoms with E-state index in [1.807, 2.05) is 48.5 Å². The summed E-state index contributed by atoms with van der Waals surface area (Å²) >= 11 is 0. The SMILES string of the molecule is OC1c2ccccc2CCC1CC#Cc1ccccc1. The number of hydrogen-bond acceptors (Lipinski definition) is 1. The van der Waals surface area contributed by atoms with Crippen molar-refractivity contribution in [1.82, 2.24) is 0 Å². The average molecular weight is 262 g/mol. The molecule has 0 aliphatic heterocycles. The molecule has 2 aromatic rings. The molecule has 2 aromatic carbocycles. The highest BCUT2D eigenvalue weighted by Gasteiger charge is 2.26. The second kappa shape index (κ2) is 5.94. The van der Waals surface area contributed by atoms with Gasteiger partial charge in [0.25, 0.3) is 0 Å². The highest BCUT2D eigenvalue weighted by atomic mass is 16.3. The molecule has 0 amide bonds. The number of hydrogen-bond donors (Lipinski definition) is 1. The Kier molecular flexibility index (Phi) is 3.85. The van der Waals surface area contributed by atoms with Crippen LogP contribution < -0.4 is 0 Å². The van der Waals surface area contributed by atoms with Gasteiger partial charge in [-0.15, -0.1) is 0 Å². The molecule has 1 aliphatic carbocycles. The van der Waals surface area contributed by atoms with Crippen molar-refractivity contribution in [2.24, 2.45) is 5.92 Å². The van der Waals surface area contributed by atoms with Crippen molar-refractivity contribution in [2.75, 3.05) is 0 Å². The summed E-state index contributed by atoms with van der Waals surface area (Å²) in [7, 11) is 0. The third-order valence-corrected chi connectivity index (χ3v) is 3.98. The lowest BCUT2D eigenvalue weighted by Gasteiger charge is -2.28. The Balaban J connectivity index is 1.70. The second-order valence-electron chi connectivity index (χ2n) is 5.31. The number of aliphatic hydroxyl groups excluding tert-OH is 1. The minimum atomic E-state index is -0.370. The van der Waals surface area contributed by atoms with Crippen LogP contribution in [0, 0.1) is 17.8 Å². The number of benzene rings is 2. The third-order valence-electron chi connectivity index (χ3n) is 3.98. The molecule has 100 valence electrons. The van der Waals surface area contributed by atoms with Crippen molar-refractivity contribution >= 4 is 0 Å². The van der Waals surface area contributed by atoms with Crippen LogP contribution in [0.15, 0.2) is 54.6 Å². The first kappa shape index (κ1) is 13.0. The van der Waals surface area contributed by atoms with Gasteiger partial charge in [-0.1, -0.05) is 54.3 Å². The molecule has 0 saturated carbocycles. The van der Waals surface area contributed by atoms with E-state index < -0.39 is 0 Å². The third kappa shape index (κ3) is 2.76. The van der Waals surface area contributed by atoms with E-state index in [1.54, 1.807) is 0 Å². The van der Waals surface area contributed by atoms with E-state index in [1.165, 1.54) is 5.56 Å². The van der Waals surface area contributed by atoms with Gasteiger partial charge in [0, 0.05) is 17.9 Å². The highest BCUT2D eigenvalue weighted by molar-refractivity contribution is 5.35. The van der Waals surface area contributed by atoms with Gasteiger partial charge in [0.2, 0.25) is 0 Å². The van der Waals surface area contributed by atoms with Crippen LogP contribution in [0.3, 0.4) is 0 Å². The van der Waals surface area contributed by atoms with Gasteiger partial charge in [-0.3, -0.25) is 0 Å². The van der Waals surface area contributed by atoms with Crippen molar-refractivity contribution < 1.29 is 5.11 Å². The fourth-order valence-corrected chi connectivity index (χ4v) is 2.82. The maximum absolute atomic E-state index is 10.5. The molecular formula is C19H18O. The fraction of sp³-hybridized carbons (Fsp3) is 0.263. The Morgan fingerprint density at radius 1 is 1.00 bits per heavy atom. The summed E-state index contributed by atoms with van der Waals surface area (Å²) in [5, 5.41) is 10.5. The molecule has 0 heterocycles. The predicted octanol–water partition coefficient (Wildman–Crippen LogP) is 3.72. The molecule has 1 heteroatoms. The van der Waals surface area contributed by atoms with Gasteiger partial charge in [0.05, 0.1) is 6.10 Å². The van der Waals surface area contributed by atoms with Gasteiger partial charge in [-0.2, -0.15) is 0 Å². The lowest BCUT2D eigenvalue weighted by molar-refractivity contribution is 0.0963. The molecule has 3 rings (SSSR count). The first-order chi connectivity index (χ1) is 9.84. The summed E-state index contributed by atoms with van der Waals surface area (Å²) in [5.74, 6) is 6.65. The van der Waals surface area contributed by atoms with Gasteiger partial charge in [-0.05, 0) is 36.1 Å². The normalized spacial score (nSPS) is 20.6. The van der Waals surface area contributed by atoms with Crippen LogP contribution in [0.5, 0.6) is 0 Å². The zero-order valence-corrected chi connectivity index (χ0v) is 11.4. The first-order valence-corrected chi connectivity index (χ1v) is 7.14. The summed E-state index contributed by atoms with van der Waals surface area (Å²) in [4.78, 5) is 0. The van der Waals surface area contributed by atoms with E-state index in [-0.39, 0.29) is 12.0 Å². The van der Waals surface area contributed by atoms with Gasteiger partial charge in [0.1, 0.15) is 0 Å². The largest absolute Gasteiger partial charge is 0.388 e. The maximum atomic E-state index is 10.5. The molecule has 0 fully saturated rings. The fourth-order valence-electron chi connectivity index (χ4n) is 2.82. The maximum Gasteiger partial charge on any atom is 0.0830 e. The summed E-state index contributed by atoms with van der Waals surface area (Å²) in [5.41, 5.74) is 3.41. The van der Waals surface area contributed by atoms with Crippen molar-refractivity contribution in [3.8, 4) is 11.8 Å². The summed E-state index contributed by atoms with van der Waals surface area (Å²) in [6.07, 6.45) is 2.45. The minimum absolute atomic E-state index is 0.251. The Morgan fingerprint density at radius 2 is 1.75 bits per heavy atom. The number of aliphatic hydroxyl groups is 1. The quantitative estimate of drug-likeness (QED) is 0.776. The van der Waals surface area contributed by atoms with E-state index in [4.69, 9.17) is 0 Å². The number of aryl methyl sites for hydroxylation is 1. The zero-order valence-electron chi connectivity index (χ0n) is 11.4. The molecule has 1 nitrogen and oxygen atoms in total. The molecule has 0 aromatic heterocycles. The van der Waals surface area contributed by atoms with Crippen LogP contribution in [0.2, 0.25) is 0 Å². The van der Waals surface area contributed by atoms with E-state index in [0.717, 1.165) is 30.4 Å². The van der Waals surface area contributed by atoms with E-state index in [9.17, 15) is 5.11 Å². The second-order valence-corrected chi connectivity index (χ2v) is 5.31. The van der Waals surface area contributed by atoms with Crippen LogP contribution >= 0.6 is 0 Å². The summed E-state index contributed by atoms with van der Waals surface area (Å²) in [6, 6.07) is 18.2. The molecular weight excluding hydrogens is 244 g/mol. The van der Waals surface area contributed by atoms with Crippen molar-refractivity contribution in [3.63, 3.8) is 0 Å². The molecule has 1 N–H and O–H groups in total. The van der Waals surface area contributed by atoms with Crippen molar-refractivity contribution in [2.45, 2.75) is 25.4 Å². The Hall–Kier alpha value is -2.04. The van der Waals surface area contributed by atoms with E-state index in [2.05, 4.69) is 17.9 Å². The van der Waals surface area contributed by atoms with Crippen LogP contribution in [-0.4, -0.2) is 5.11 Å². The molecule has 0 saturated heterocycles. The van der Waals surface area contributed by atoms with Gasteiger partial charge < -0.3 is 5.11 Å². The smallest absolute Gasteiger partial charge is 0.0830 e. The van der Waals surface area contributed by atoms with Crippen LogP contribution in [0.4, 0.5) is 0 Å². The topological polar surface area (TPSA) is 20.2 Å².